The number of fused-ring (bicyclic) bond motifs is 1. The minimum atomic E-state index is 0.365. The van der Waals surface area contributed by atoms with Crippen LogP contribution >= 0.6 is 0 Å². The average molecular weight is 312 g/mol. The second-order valence-electron chi connectivity index (χ2n) is 7.86. The molecule has 3 aliphatic rings. The maximum atomic E-state index is 12.6. The molecule has 0 aromatic heterocycles. The highest BCUT2D eigenvalue weighted by molar-refractivity contribution is 5.79. The summed E-state index contributed by atoms with van der Waals surface area (Å²) in [6.07, 6.45) is 6.01. The third-order valence-corrected chi connectivity index (χ3v) is 6.46. The molecule has 1 amide bonds. The number of nitrogens with one attached hydrogen (secondary N) is 1. The SMILES string of the molecule is C[C@H]1C[C@@H]2[C@@H](CC(=O)N2Cc2ccccc2)[C@@H]1CNC1CCC1. The molecule has 0 spiro atoms. The highest BCUT2D eigenvalue weighted by Crippen LogP contribution is 2.46. The standard InChI is InChI=1S/C20H28N2O/c1-14-10-19-17(18(14)12-21-16-8-5-9-16)11-20(23)22(19)13-15-6-3-2-4-7-15/h2-4,6-7,14,16-19,21H,5,8-13H2,1H3/t14-,17-,18+,19+/m0/s1. The van der Waals surface area contributed by atoms with Crippen LogP contribution in [0.1, 0.15) is 44.6 Å². The zero-order valence-corrected chi connectivity index (χ0v) is 14.1. The van der Waals surface area contributed by atoms with Crippen LogP contribution in [0.15, 0.2) is 30.3 Å². The van der Waals surface area contributed by atoms with E-state index in [9.17, 15) is 4.79 Å². The number of benzene rings is 1. The zero-order valence-electron chi connectivity index (χ0n) is 14.1. The molecule has 2 aliphatic carbocycles. The number of nitrogens with zero attached hydrogens (tertiary/aromatic N) is 1. The van der Waals surface area contributed by atoms with Gasteiger partial charge in [0.25, 0.3) is 0 Å². The van der Waals surface area contributed by atoms with Gasteiger partial charge in [0.1, 0.15) is 0 Å². The number of carbonyl (C=O) groups is 1. The van der Waals surface area contributed by atoms with Gasteiger partial charge < -0.3 is 10.2 Å². The van der Waals surface area contributed by atoms with Crippen molar-refractivity contribution in [2.24, 2.45) is 17.8 Å². The van der Waals surface area contributed by atoms with Crippen molar-refractivity contribution in [3.05, 3.63) is 35.9 Å². The molecule has 1 heterocycles. The van der Waals surface area contributed by atoms with E-state index in [1.165, 1.54) is 31.2 Å². The van der Waals surface area contributed by atoms with Gasteiger partial charge in [-0.2, -0.15) is 0 Å². The summed E-state index contributed by atoms with van der Waals surface area (Å²) in [5.74, 6) is 2.33. The van der Waals surface area contributed by atoms with Crippen molar-refractivity contribution in [2.45, 2.75) is 57.7 Å². The maximum absolute atomic E-state index is 12.6. The Morgan fingerprint density at radius 1 is 1.22 bits per heavy atom. The normalized spacial score (nSPS) is 33.8. The lowest BCUT2D eigenvalue weighted by Gasteiger charge is -2.30. The van der Waals surface area contributed by atoms with Crippen molar-refractivity contribution >= 4 is 5.91 Å². The topological polar surface area (TPSA) is 32.3 Å². The van der Waals surface area contributed by atoms with Crippen molar-refractivity contribution in [3.8, 4) is 0 Å². The Morgan fingerprint density at radius 2 is 2.00 bits per heavy atom. The second kappa shape index (κ2) is 6.27. The Labute approximate surface area is 139 Å². The summed E-state index contributed by atoms with van der Waals surface area (Å²) in [5.41, 5.74) is 1.25. The monoisotopic (exact) mass is 312 g/mol. The van der Waals surface area contributed by atoms with E-state index < -0.39 is 0 Å². The second-order valence-corrected chi connectivity index (χ2v) is 7.86. The van der Waals surface area contributed by atoms with Gasteiger partial charge >= 0.3 is 0 Å². The third-order valence-electron chi connectivity index (χ3n) is 6.46. The molecule has 0 bridgehead atoms. The van der Waals surface area contributed by atoms with E-state index in [1.54, 1.807) is 0 Å². The summed E-state index contributed by atoms with van der Waals surface area (Å²) in [6.45, 7) is 4.28. The van der Waals surface area contributed by atoms with E-state index in [1.807, 2.05) is 6.07 Å². The molecule has 1 aromatic carbocycles. The lowest BCUT2D eigenvalue weighted by atomic mass is 9.87. The number of hydrogen-bond acceptors (Lipinski definition) is 2. The molecule has 1 N–H and O–H groups in total. The highest BCUT2D eigenvalue weighted by atomic mass is 16.2. The van der Waals surface area contributed by atoms with Crippen molar-refractivity contribution in [3.63, 3.8) is 0 Å². The number of carbonyl (C=O) groups excluding carboxylic acids is 1. The van der Waals surface area contributed by atoms with Gasteiger partial charge in [-0.25, -0.2) is 0 Å². The van der Waals surface area contributed by atoms with Crippen LogP contribution in [-0.2, 0) is 11.3 Å². The van der Waals surface area contributed by atoms with E-state index >= 15 is 0 Å². The van der Waals surface area contributed by atoms with Gasteiger partial charge in [0.2, 0.25) is 5.91 Å². The fourth-order valence-electron chi connectivity index (χ4n) is 4.84. The van der Waals surface area contributed by atoms with E-state index in [4.69, 9.17) is 0 Å². The quantitative estimate of drug-likeness (QED) is 0.905. The first-order chi connectivity index (χ1) is 11.2. The predicted molar refractivity (Wildman–Crippen MR) is 91.8 cm³/mol. The molecule has 3 fully saturated rings. The molecule has 1 aliphatic heterocycles. The number of rotatable bonds is 5. The first-order valence-electron chi connectivity index (χ1n) is 9.29. The summed E-state index contributed by atoms with van der Waals surface area (Å²) >= 11 is 0. The molecule has 23 heavy (non-hydrogen) atoms. The van der Waals surface area contributed by atoms with Crippen molar-refractivity contribution in [2.75, 3.05) is 6.54 Å². The molecule has 124 valence electrons. The summed E-state index contributed by atoms with van der Waals surface area (Å²) in [7, 11) is 0. The smallest absolute Gasteiger partial charge is 0.223 e. The molecule has 2 saturated carbocycles. The number of amides is 1. The largest absolute Gasteiger partial charge is 0.335 e. The van der Waals surface area contributed by atoms with Crippen molar-refractivity contribution in [1.29, 1.82) is 0 Å². The van der Waals surface area contributed by atoms with Crippen LogP contribution in [-0.4, -0.2) is 29.4 Å². The van der Waals surface area contributed by atoms with Gasteiger partial charge in [-0.1, -0.05) is 43.7 Å². The van der Waals surface area contributed by atoms with Crippen molar-refractivity contribution < 1.29 is 4.79 Å². The van der Waals surface area contributed by atoms with Gasteiger partial charge in [-0.05, 0) is 49.1 Å². The van der Waals surface area contributed by atoms with E-state index in [-0.39, 0.29) is 0 Å². The number of hydrogen-bond donors (Lipinski definition) is 1. The lowest BCUT2D eigenvalue weighted by molar-refractivity contribution is -0.129. The molecule has 1 saturated heterocycles. The lowest BCUT2D eigenvalue weighted by Crippen LogP contribution is -2.40. The predicted octanol–water partition coefficient (Wildman–Crippen LogP) is 3.20. The van der Waals surface area contributed by atoms with Gasteiger partial charge in [-0.3, -0.25) is 4.79 Å². The molecule has 3 heteroatoms. The van der Waals surface area contributed by atoms with Gasteiger partial charge in [0.05, 0.1) is 0 Å². The van der Waals surface area contributed by atoms with Crippen LogP contribution in [0.3, 0.4) is 0 Å². The molecule has 4 atom stereocenters. The minimum Gasteiger partial charge on any atom is -0.335 e. The summed E-state index contributed by atoms with van der Waals surface area (Å²) < 4.78 is 0. The van der Waals surface area contributed by atoms with E-state index in [2.05, 4.69) is 41.4 Å². The summed E-state index contributed by atoms with van der Waals surface area (Å²) in [6, 6.07) is 11.7. The summed E-state index contributed by atoms with van der Waals surface area (Å²) in [4.78, 5) is 14.7. The molecule has 4 rings (SSSR count). The molecule has 1 aromatic rings. The van der Waals surface area contributed by atoms with Gasteiger partial charge in [-0.15, -0.1) is 0 Å². The fourth-order valence-corrected chi connectivity index (χ4v) is 4.84. The van der Waals surface area contributed by atoms with Crippen LogP contribution in [0.25, 0.3) is 0 Å². The zero-order chi connectivity index (χ0) is 15.8. The van der Waals surface area contributed by atoms with Crippen molar-refractivity contribution in [1.82, 2.24) is 10.2 Å². The Balaban J connectivity index is 1.42. The molecular weight excluding hydrogens is 284 g/mol. The molecule has 0 radical (unpaired) electrons. The van der Waals surface area contributed by atoms with E-state index in [0.29, 0.717) is 23.8 Å². The molecule has 3 nitrogen and oxygen atoms in total. The van der Waals surface area contributed by atoms with E-state index in [0.717, 1.165) is 31.5 Å². The van der Waals surface area contributed by atoms with Crippen LogP contribution in [0.2, 0.25) is 0 Å². The minimum absolute atomic E-state index is 0.365. The maximum Gasteiger partial charge on any atom is 0.223 e. The third kappa shape index (κ3) is 2.91. The first-order valence-corrected chi connectivity index (χ1v) is 9.29. The van der Waals surface area contributed by atoms with Gasteiger partial charge in [0.15, 0.2) is 0 Å². The fraction of sp³-hybridized carbons (Fsp3) is 0.650. The average Bonchev–Trinajstić information content (AvgIpc) is 2.95. The molecule has 0 unspecified atom stereocenters. The number of likely N-dealkylation sites (tertiary alicyclic amines) is 1. The summed E-state index contributed by atoms with van der Waals surface area (Å²) in [5, 5.41) is 3.75. The highest BCUT2D eigenvalue weighted by Gasteiger charge is 2.50. The Morgan fingerprint density at radius 3 is 2.70 bits per heavy atom. The van der Waals surface area contributed by atoms with Crippen LogP contribution in [0, 0.1) is 17.8 Å². The Bertz CT molecular complexity index is 554. The Hall–Kier alpha value is -1.35. The van der Waals surface area contributed by atoms with Crippen LogP contribution in [0.4, 0.5) is 0 Å². The first kappa shape index (κ1) is 15.2. The van der Waals surface area contributed by atoms with Gasteiger partial charge in [0, 0.05) is 25.0 Å². The molecular formula is C20H28N2O. The van der Waals surface area contributed by atoms with Crippen LogP contribution < -0.4 is 5.32 Å². The Kier molecular flexibility index (Phi) is 4.14. The van der Waals surface area contributed by atoms with Crippen LogP contribution in [0.5, 0.6) is 0 Å².